The summed E-state index contributed by atoms with van der Waals surface area (Å²) in [4.78, 5) is 4.93. The van der Waals surface area contributed by atoms with E-state index in [0.717, 1.165) is 44.6 Å². The molecule has 0 unspecified atom stereocenters. The molecule has 0 aromatic heterocycles. The van der Waals surface area contributed by atoms with Crippen LogP contribution in [0.15, 0.2) is 77.8 Å². The fourth-order valence-corrected chi connectivity index (χ4v) is 3.23. The van der Waals surface area contributed by atoms with Gasteiger partial charge in [0.1, 0.15) is 0 Å². The molecule has 0 saturated heterocycles. The second-order valence-corrected chi connectivity index (χ2v) is 6.85. The Morgan fingerprint density at radius 3 is 1.96 bits per heavy atom. The summed E-state index contributed by atoms with van der Waals surface area (Å²) in [5.41, 5.74) is 6.59. The van der Waals surface area contributed by atoms with Crippen molar-refractivity contribution in [2.75, 3.05) is 0 Å². The van der Waals surface area contributed by atoms with E-state index >= 15 is 0 Å². The van der Waals surface area contributed by atoms with Gasteiger partial charge >= 0.3 is 0 Å². The molecule has 0 spiro atoms. The zero-order valence-corrected chi connectivity index (χ0v) is 14.9. The average molecular weight is 364 g/mol. The molecule has 0 amide bonds. The monoisotopic (exact) mass is 363 g/mol. The molecule has 1 aliphatic heterocycles. The zero-order chi connectivity index (χ0) is 17.2. The number of rotatable bonds is 2. The van der Waals surface area contributed by atoms with Gasteiger partial charge in [0.05, 0.1) is 11.4 Å². The van der Waals surface area contributed by atoms with Gasteiger partial charge in [-0.2, -0.15) is 0 Å². The van der Waals surface area contributed by atoms with Crippen molar-refractivity contribution in [3.05, 3.63) is 99.5 Å². The van der Waals surface area contributed by atoms with Crippen LogP contribution in [0.25, 0.3) is 11.6 Å². The lowest BCUT2D eigenvalue weighted by molar-refractivity contribution is 1.41. The average Bonchev–Trinajstić information content (AvgIpc) is 2.82. The molecule has 4 rings (SSSR count). The lowest BCUT2D eigenvalue weighted by atomic mass is 9.96. The summed E-state index contributed by atoms with van der Waals surface area (Å²) in [6, 6.07) is 24.0. The first-order valence-electron chi connectivity index (χ1n) is 8.08. The molecule has 3 aromatic carbocycles. The van der Waals surface area contributed by atoms with Crippen molar-refractivity contribution in [1.29, 1.82) is 0 Å². The Labute approximate surface area is 157 Å². The first-order valence-corrected chi connectivity index (χ1v) is 8.84. The standard InChI is InChI=1S/C22H15Cl2N/c23-19-9-5-15(6-10-19)18-13-17-3-1-2-4-21(17)25-22(14-18)16-7-11-20(24)12-8-16/h1-13H,14H2. The maximum Gasteiger partial charge on any atom is 0.0705 e. The Morgan fingerprint density at radius 1 is 0.680 bits per heavy atom. The predicted molar refractivity (Wildman–Crippen MR) is 108 cm³/mol. The van der Waals surface area contributed by atoms with Crippen molar-refractivity contribution in [2.45, 2.75) is 6.42 Å². The number of allylic oxidation sites excluding steroid dienone is 1. The van der Waals surface area contributed by atoms with Crippen molar-refractivity contribution in [2.24, 2.45) is 4.99 Å². The van der Waals surface area contributed by atoms with Crippen LogP contribution in [0.1, 0.15) is 23.1 Å². The summed E-state index contributed by atoms with van der Waals surface area (Å²) in [6.07, 6.45) is 2.96. The maximum absolute atomic E-state index is 6.05. The summed E-state index contributed by atoms with van der Waals surface area (Å²) in [5.74, 6) is 0. The number of halogens is 2. The van der Waals surface area contributed by atoms with Crippen LogP contribution in [0, 0.1) is 0 Å². The van der Waals surface area contributed by atoms with E-state index in [4.69, 9.17) is 28.2 Å². The molecule has 0 N–H and O–H groups in total. The van der Waals surface area contributed by atoms with Gasteiger partial charge in [-0.15, -0.1) is 0 Å². The van der Waals surface area contributed by atoms with Gasteiger partial charge in [0.2, 0.25) is 0 Å². The zero-order valence-electron chi connectivity index (χ0n) is 13.4. The van der Waals surface area contributed by atoms with Crippen molar-refractivity contribution < 1.29 is 0 Å². The summed E-state index contributed by atoms with van der Waals surface area (Å²) < 4.78 is 0. The number of benzene rings is 3. The van der Waals surface area contributed by atoms with E-state index in [2.05, 4.69) is 24.3 Å². The highest BCUT2D eigenvalue weighted by molar-refractivity contribution is 6.31. The third-order valence-corrected chi connectivity index (χ3v) is 4.78. The van der Waals surface area contributed by atoms with E-state index in [0.29, 0.717) is 0 Å². The third-order valence-electron chi connectivity index (χ3n) is 4.27. The summed E-state index contributed by atoms with van der Waals surface area (Å²) in [6.45, 7) is 0. The highest BCUT2D eigenvalue weighted by atomic mass is 35.5. The molecule has 0 aliphatic carbocycles. The number of para-hydroxylation sites is 1. The van der Waals surface area contributed by atoms with Crippen LogP contribution in [0.4, 0.5) is 5.69 Å². The van der Waals surface area contributed by atoms with Crippen LogP contribution in [0.3, 0.4) is 0 Å². The molecule has 3 heteroatoms. The predicted octanol–water partition coefficient (Wildman–Crippen LogP) is 7.06. The van der Waals surface area contributed by atoms with Gasteiger partial charge in [-0.1, -0.05) is 65.7 Å². The fraction of sp³-hybridized carbons (Fsp3) is 0.0455. The van der Waals surface area contributed by atoms with Crippen LogP contribution in [0.5, 0.6) is 0 Å². The van der Waals surface area contributed by atoms with E-state index in [1.165, 1.54) is 5.57 Å². The van der Waals surface area contributed by atoms with E-state index in [9.17, 15) is 0 Å². The van der Waals surface area contributed by atoms with Gasteiger partial charge in [-0.05, 0) is 53.1 Å². The Morgan fingerprint density at radius 2 is 1.28 bits per heavy atom. The minimum absolute atomic E-state index is 0.729. The second kappa shape index (κ2) is 6.87. The van der Waals surface area contributed by atoms with E-state index in [-0.39, 0.29) is 0 Å². The molecule has 0 radical (unpaired) electrons. The van der Waals surface area contributed by atoms with Gasteiger partial charge in [0.25, 0.3) is 0 Å². The lowest BCUT2D eigenvalue weighted by Crippen LogP contribution is -2.01. The molecule has 1 nitrogen and oxygen atoms in total. The third kappa shape index (κ3) is 3.53. The van der Waals surface area contributed by atoms with Crippen LogP contribution >= 0.6 is 23.2 Å². The van der Waals surface area contributed by atoms with E-state index < -0.39 is 0 Å². The first-order chi connectivity index (χ1) is 12.2. The summed E-state index contributed by atoms with van der Waals surface area (Å²) >= 11 is 12.1. The summed E-state index contributed by atoms with van der Waals surface area (Å²) in [5, 5.41) is 1.47. The van der Waals surface area contributed by atoms with Gasteiger partial charge in [-0.25, -0.2) is 0 Å². The van der Waals surface area contributed by atoms with Crippen LogP contribution < -0.4 is 0 Å². The minimum Gasteiger partial charge on any atom is -0.252 e. The smallest absolute Gasteiger partial charge is 0.0705 e. The Balaban J connectivity index is 1.84. The molecule has 0 saturated carbocycles. The molecule has 1 aliphatic rings. The van der Waals surface area contributed by atoms with Crippen molar-refractivity contribution in [1.82, 2.24) is 0 Å². The van der Waals surface area contributed by atoms with E-state index in [1.807, 2.05) is 54.6 Å². The molecular weight excluding hydrogens is 349 g/mol. The highest BCUT2D eigenvalue weighted by Gasteiger charge is 2.15. The molecule has 1 heterocycles. The van der Waals surface area contributed by atoms with Crippen LogP contribution in [-0.4, -0.2) is 5.71 Å². The van der Waals surface area contributed by atoms with Crippen molar-refractivity contribution in [3.8, 4) is 0 Å². The molecule has 3 aromatic rings. The Hall–Kier alpha value is -2.35. The number of hydrogen-bond donors (Lipinski definition) is 0. The van der Waals surface area contributed by atoms with Crippen LogP contribution in [0.2, 0.25) is 10.0 Å². The molecule has 122 valence electrons. The number of hydrogen-bond acceptors (Lipinski definition) is 1. The number of nitrogens with zero attached hydrogens (tertiary/aromatic N) is 1. The van der Waals surface area contributed by atoms with Gasteiger partial charge in [0, 0.05) is 22.0 Å². The van der Waals surface area contributed by atoms with Crippen molar-refractivity contribution >= 4 is 46.3 Å². The minimum atomic E-state index is 0.729. The van der Waals surface area contributed by atoms with Gasteiger partial charge < -0.3 is 0 Å². The Kier molecular flexibility index (Phi) is 4.44. The van der Waals surface area contributed by atoms with Crippen LogP contribution in [-0.2, 0) is 0 Å². The molecule has 0 bridgehead atoms. The normalized spacial score (nSPS) is 13.5. The molecule has 25 heavy (non-hydrogen) atoms. The molecule has 0 fully saturated rings. The van der Waals surface area contributed by atoms with Gasteiger partial charge in [-0.3, -0.25) is 4.99 Å². The quantitative estimate of drug-likeness (QED) is 0.462. The second-order valence-electron chi connectivity index (χ2n) is 5.98. The molecular formula is C22H15Cl2N. The Bertz CT molecular complexity index is 887. The summed E-state index contributed by atoms with van der Waals surface area (Å²) in [7, 11) is 0. The van der Waals surface area contributed by atoms with Crippen molar-refractivity contribution in [3.63, 3.8) is 0 Å². The maximum atomic E-state index is 6.05. The SMILES string of the molecule is Clc1ccc(C2=Cc3ccccc3N=C(c3ccc(Cl)cc3)C2)cc1. The van der Waals surface area contributed by atoms with Gasteiger partial charge in [0.15, 0.2) is 0 Å². The number of fused-ring (bicyclic) bond motifs is 1. The molecule has 0 atom stereocenters. The topological polar surface area (TPSA) is 12.4 Å². The van der Waals surface area contributed by atoms with E-state index in [1.54, 1.807) is 0 Å². The highest BCUT2D eigenvalue weighted by Crippen LogP contribution is 2.33. The first kappa shape index (κ1) is 16.1. The lowest BCUT2D eigenvalue weighted by Gasteiger charge is -2.09. The number of aliphatic imine (C=N–C) groups is 1. The fourth-order valence-electron chi connectivity index (χ4n) is 2.97. The largest absolute Gasteiger partial charge is 0.252 e.